The van der Waals surface area contributed by atoms with Crippen molar-refractivity contribution in [2.75, 3.05) is 14.1 Å². The molecule has 1 nitrogen and oxygen atoms in total. The molecule has 4 fully saturated rings. The van der Waals surface area contributed by atoms with Crippen LogP contribution in [-0.4, -0.2) is 25.0 Å². The summed E-state index contributed by atoms with van der Waals surface area (Å²) in [6.45, 7) is 0. The number of nitrogens with zero attached hydrogens (tertiary/aromatic N) is 1. The summed E-state index contributed by atoms with van der Waals surface area (Å²) in [5.74, 6) is 2.90. The number of hydrogen-bond acceptors (Lipinski definition) is 1. The molecule has 0 saturated heterocycles. The molecule has 3 unspecified atom stereocenters. The van der Waals surface area contributed by atoms with Gasteiger partial charge in [-0.1, -0.05) is 30.3 Å². The first-order valence-electron chi connectivity index (χ1n) is 7.90. The lowest BCUT2D eigenvalue weighted by atomic mass is 9.46. The second-order valence-electron chi connectivity index (χ2n) is 7.57. The Bertz CT molecular complexity index is 448. The van der Waals surface area contributed by atoms with Gasteiger partial charge in [0, 0.05) is 6.04 Å². The van der Waals surface area contributed by atoms with Crippen LogP contribution in [0.15, 0.2) is 30.3 Å². The van der Waals surface area contributed by atoms with Gasteiger partial charge >= 0.3 is 0 Å². The van der Waals surface area contributed by atoms with Crippen LogP contribution in [-0.2, 0) is 5.41 Å². The van der Waals surface area contributed by atoms with E-state index in [4.69, 9.17) is 0 Å². The summed E-state index contributed by atoms with van der Waals surface area (Å²) in [4.78, 5) is 2.52. The van der Waals surface area contributed by atoms with Crippen LogP contribution < -0.4 is 0 Å². The van der Waals surface area contributed by atoms with Crippen molar-refractivity contribution in [3.8, 4) is 0 Å². The topological polar surface area (TPSA) is 3.24 Å². The molecular formula is C18H25N. The maximum absolute atomic E-state index is 2.52. The van der Waals surface area contributed by atoms with Crippen molar-refractivity contribution in [1.82, 2.24) is 4.90 Å². The smallest absolute Gasteiger partial charge is 0.0146 e. The van der Waals surface area contributed by atoms with Crippen molar-refractivity contribution in [2.24, 2.45) is 17.8 Å². The van der Waals surface area contributed by atoms with E-state index < -0.39 is 0 Å². The molecular weight excluding hydrogens is 230 g/mol. The molecule has 4 aliphatic carbocycles. The molecule has 1 heteroatoms. The second-order valence-corrected chi connectivity index (χ2v) is 7.57. The van der Waals surface area contributed by atoms with E-state index in [9.17, 15) is 0 Å². The molecule has 0 radical (unpaired) electrons. The third kappa shape index (κ3) is 1.71. The fraction of sp³-hybridized carbons (Fsp3) is 0.667. The Morgan fingerprint density at radius 1 is 0.947 bits per heavy atom. The average Bonchev–Trinajstić information content (AvgIpc) is 2.38. The molecule has 0 aliphatic heterocycles. The van der Waals surface area contributed by atoms with Gasteiger partial charge in [-0.05, 0) is 74.9 Å². The summed E-state index contributed by atoms with van der Waals surface area (Å²) in [5.41, 5.74) is 2.16. The molecule has 4 bridgehead atoms. The van der Waals surface area contributed by atoms with Gasteiger partial charge in [-0.15, -0.1) is 0 Å². The van der Waals surface area contributed by atoms with Crippen molar-refractivity contribution in [2.45, 2.75) is 43.6 Å². The highest BCUT2D eigenvalue weighted by Crippen LogP contribution is 2.61. The van der Waals surface area contributed by atoms with E-state index >= 15 is 0 Å². The molecule has 0 spiro atoms. The lowest BCUT2D eigenvalue weighted by molar-refractivity contribution is -0.0673. The monoisotopic (exact) mass is 255 g/mol. The maximum atomic E-state index is 2.52. The van der Waals surface area contributed by atoms with E-state index in [0.29, 0.717) is 5.41 Å². The van der Waals surface area contributed by atoms with E-state index in [1.807, 2.05) is 0 Å². The fourth-order valence-electron chi connectivity index (χ4n) is 5.99. The van der Waals surface area contributed by atoms with Gasteiger partial charge in [0.25, 0.3) is 0 Å². The Morgan fingerprint density at radius 3 is 2.16 bits per heavy atom. The van der Waals surface area contributed by atoms with Gasteiger partial charge in [-0.2, -0.15) is 0 Å². The Morgan fingerprint density at radius 2 is 1.58 bits per heavy atom. The van der Waals surface area contributed by atoms with Gasteiger partial charge in [0.05, 0.1) is 0 Å². The average molecular weight is 255 g/mol. The molecule has 5 atom stereocenters. The zero-order chi connectivity index (χ0) is 13.0. The lowest BCUT2D eigenvalue weighted by Crippen LogP contribution is -2.59. The molecule has 0 amide bonds. The second kappa shape index (κ2) is 4.09. The van der Waals surface area contributed by atoms with Crippen LogP contribution in [0, 0.1) is 17.8 Å². The van der Waals surface area contributed by atoms with Gasteiger partial charge < -0.3 is 4.90 Å². The highest BCUT2D eigenvalue weighted by molar-refractivity contribution is 5.30. The van der Waals surface area contributed by atoms with E-state index in [0.717, 1.165) is 23.8 Å². The summed E-state index contributed by atoms with van der Waals surface area (Å²) in [6, 6.07) is 12.3. The minimum atomic E-state index is 0.532. The van der Waals surface area contributed by atoms with Crippen LogP contribution in [0.1, 0.15) is 37.7 Å². The van der Waals surface area contributed by atoms with E-state index in [1.54, 1.807) is 5.56 Å². The standard InChI is InChI=1S/C18H25N/c1-19(2)17-14-8-13-9-15(17)12-18(10-13,11-14)16-6-4-3-5-7-16/h3-7,13-15,17H,8-12H2,1-2H3/t13?,14-,15+,17?,18?. The lowest BCUT2D eigenvalue weighted by Gasteiger charge is -2.61. The van der Waals surface area contributed by atoms with Crippen LogP contribution in [0.25, 0.3) is 0 Å². The van der Waals surface area contributed by atoms with Crippen LogP contribution >= 0.6 is 0 Å². The van der Waals surface area contributed by atoms with Gasteiger partial charge in [0.2, 0.25) is 0 Å². The summed E-state index contributed by atoms with van der Waals surface area (Å²) >= 11 is 0. The molecule has 19 heavy (non-hydrogen) atoms. The summed E-state index contributed by atoms with van der Waals surface area (Å²) in [6.07, 6.45) is 7.33. The predicted molar refractivity (Wildman–Crippen MR) is 79.2 cm³/mol. The predicted octanol–water partition coefficient (Wildman–Crippen LogP) is 3.69. The highest BCUT2D eigenvalue weighted by Gasteiger charge is 2.56. The Balaban J connectivity index is 1.71. The molecule has 5 rings (SSSR count). The van der Waals surface area contributed by atoms with Gasteiger partial charge in [0.1, 0.15) is 0 Å². The normalized spacial score (nSPS) is 43.9. The SMILES string of the molecule is CN(C)C1[C@@H]2CC3C[C@H]1CC(c1ccccc1)(C3)C2. The molecule has 4 aliphatic rings. The first-order chi connectivity index (χ1) is 9.18. The van der Waals surface area contributed by atoms with Crippen molar-refractivity contribution < 1.29 is 0 Å². The first-order valence-corrected chi connectivity index (χ1v) is 7.90. The molecule has 1 aromatic rings. The van der Waals surface area contributed by atoms with Gasteiger partial charge in [-0.25, -0.2) is 0 Å². The van der Waals surface area contributed by atoms with Crippen molar-refractivity contribution in [3.63, 3.8) is 0 Å². The molecule has 0 aromatic heterocycles. The van der Waals surface area contributed by atoms with E-state index in [-0.39, 0.29) is 0 Å². The van der Waals surface area contributed by atoms with Crippen LogP contribution in [0.4, 0.5) is 0 Å². The molecule has 0 N–H and O–H groups in total. The van der Waals surface area contributed by atoms with Crippen LogP contribution in [0.5, 0.6) is 0 Å². The maximum Gasteiger partial charge on any atom is 0.0146 e. The van der Waals surface area contributed by atoms with Crippen molar-refractivity contribution >= 4 is 0 Å². The minimum absolute atomic E-state index is 0.532. The molecule has 1 aromatic carbocycles. The molecule has 0 heterocycles. The Hall–Kier alpha value is -0.820. The summed E-state index contributed by atoms with van der Waals surface area (Å²) in [5, 5.41) is 0. The number of rotatable bonds is 2. The fourth-order valence-corrected chi connectivity index (χ4v) is 5.99. The largest absolute Gasteiger partial charge is 0.306 e. The number of hydrogen-bond donors (Lipinski definition) is 0. The quantitative estimate of drug-likeness (QED) is 0.779. The first kappa shape index (κ1) is 12.0. The van der Waals surface area contributed by atoms with E-state index in [2.05, 4.69) is 49.3 Å². The van der Waals surface area contributed by atoms with Crippen LogP contribution in [0.2, 0.25) is 0 Å². The Kier molecular flexibility index (Phi) is 2.57. The summed E-state index contributed by atoms with van der Waals surface area (Å²) in [7, 11) is 4.59. The highest BCUT2D eigenvalue weighted by atomic mass is 15.1. The van der Waals surface area contributed by atoms with Gasteiger partial charge in [0.15, 0.2) is 0 Å². The third-order valence-corrected chi connectivity index (χ3v) is 6.21. The Labute approximate surface area is 117 Å². The van der Waals surface area contributed by atoms with Gasteiger partial charge in [-0.3, -0.25) is 0 Å². The summed E-state index contributed by atoms with van der Waals surface area (Å²) < 4.78 is 0. The van der Waals surface area contributed by atoms with Crippen molar-refractivity contribution in [3.05, 3.63) is 35.9 Å². The third-order valence-electron chi connectivity index (χ3n) is 6.21. The van der Waals surface area contributed by atoms with Crippen LogP contribution in [0.3, 0.4) is 0 Å². The molecule has 102 valence electrons. The minimum Gasteiger partial charge on any atom is -0.306 e. The zero-order valence-electron chi connectivity index (χ0n) is 12.2. The van der Waals surface area contributed by atoms with E-state index in [1.165, 1.54) is 32.1 Å². The zero-order valence-corrected chi connectivity index (χ0v) is 12.2. The number of benzene rings is 1. The molecule has 4 saturated carbocycles. The van der Waals surface area contributed by atoms with Crippen molar-refractivity contribution in [1.29, 1.82) is 0 Å².